The largest absolute Gasteiger partial charge is 0.283 e. The van der Waals surface area contributed by atoms with E-state index in [0.29, 0.717) is 3.57 Å². The predicted molar refractivity (Wildman–Crippen MR) is 54.6 cm³/mol. The zero-order valence-electron chi connectivity index (χ0n) is 6.22. The molecule has 1 rings (SSSR count). The summed E-state index contributed by atoms with van der Waals surface area (Å²) in [6, 6.07) is 4.29. The molecule has 0 bridgehead atoms. The van der Waals surface area contributed by atoms with Gasteiger partial charge in [0.2, 0.25) is 0 Å². The zero-order chi connectivity index (χ0) is 9.84. The highest BCUT2D eigenvalue weighted by atomic mass is 127. The van der Waals surface area contributed by atoms with Crippen LogP contribution in [0.15, 0.2) is 23.3 Å². The summed E-state index contributed by atoms with van der Waals surface area (Å²) in [7, 11) is 0. The van der Waals surface area contributed by atoms with Crippen molar-refractivity contribution in [3.63, 3.8) is 0 Å². The summed E-state index contributed by atoms with van der Waals surface area (Å²) in [6.07, 6.45) is 0. The predicted octanol–water partition coefficient (Wildman–Crippen LogP) is 3.14. The quantitative estimate of drug-likeness (QED) is 0.209. The van der Waals surface area contributed by atoms with Crippen LogP contribution in [-0.2, 0) is 0 Å². The van der Waals surface area contributed by atoms with Gasteiger partial charge in [-0.1, -0.05) is 11.2 Å². The summed E-state index contributed by atoms with van der Waals surface area (Å²) in [5.41, 5.74) is 8.30. The molecule has 0 saturated carbocycles. The molecule has 1 aromatic rings. The minimum atomic E-state index is -0.516. The standard InChI is InChI=1S/C6H3IN4O2/c7-5-2-1-4(9-10-8)3-6(5)11(12)13/h1-3H. The van der Waals surface area contributed by atoms with E-state index in [4.69, 9.17) is 5.53 Å². The van der Waals surface area contributed by atoms with Gasteiger partial charge in [-0.2, -0.15) is 0 Å². The Morgan fingerprint density at radius 2 is 2.31 bits per heavy atom. The Kier molecular flexibility index (Phi) is 3.04. The van der Waals surface area contributed by atoms with Gasteiger partial charge in [-0.15, -0.1) is 0 Å². The number of azide groups is 1. The topological polar surface area (TPSA) is 91.9 Å². The van der Waals surface area contributed by atoms with Gasteiger partial charge in [0.15, 0.2) is 0 Å². The molecule has 13 heavy (non-hydrogen) atoms. The van der Waals surface area contributed by atoms with Crippen LogP contribution in [0.25, 0.3) is 10.4 Å². The first kappa shape index (κ1) is 9.75. The van der Waals surface area contributed by atoms with E-state index in [2.05, 4.69) is 10.0 Å². The molecule has 0 aliphatic heterocycles. The van der Waals surface area contributed by atoms with E-state index in [1.165, 1.54) is 18.2 Å². The second-order valence-electron chi connectivity index (χ2n) is 2.08. The monoisotopic (exact) mass is 290 g/mol. The molecular formula is C6H3IN4O2. The lowest BCUT2D eigenvalue weighted by molar-refractivity contribution is -0.385. The minimum absolute atomic E-state index is 0.0505. The molecule has 7 heteroatoms. The van der Waals surface area contributed by atoms with Crippen molar-refractivity contribution < 1.29 is 4.92 Å². The van der Waals surface area contributed by atoms with E-state index in [9.17, 15) is 10.1 Å². The van der Waals surface area contributed by atoms with E-state index in [1.807, 2.05) is 22.6 Å². The number of benzene rings is 1. The molecule has 1 aromatic carbocycles. The van der Waals surface area contributed by atoms with Gasteiger partial charge in [-0.25, -0.2) is 0 Å². The molecule has 6 nitrogen and oxygen atoms in total. The van der Waals surface area contributed by atoms with Gasteiger partial charge in [-0.3, -0.25) is 10.1 Å². The van der Waals surface area contributed by atoms with Crippen molar-refractivity contribution >= 4 is 34.0 Å². The molecule has 0 fully saturated rings. The van der Waals surface area contributed by atoms with Crippen LogP contribution in [0, 0.1) is 13.7 Å². The van der Waals surface area contributed by atoms with Crippen molar-refractivity contribution in [2.24, 2.45) is 5.11 Å². The fourth-order valence-electron chi connectivity index (χ4n) is 0.755. The maximum Gasteiger partial charge on any atom is 0.283 e. The lowest BCUT2D eigenvalue weighted by atomic mass is 10.3. The van der Waals surface area contributed by atoms with Crippen LogP contribution < -0.4 is 0 Å². The molecule has 66 valence electrons. The van der Waals surface area contributed by atoms with Gasteiger partial charge in [0, 0.05) is 16.7 Å². The van der Waals surface area contributed by atoms with Crippen LogP contribution in [-0.4, -0.2) is 4.92 Å². The first-order chi connectivity index (χ1) is 6.15. The van der Waals surface area contributed by atoms with Crippen LogP contribution in [0.4, 0.5) is 11.4 Å². The Morgan fingerprint density at radius 1 is 1.62 bits per heavy atom. The van der Waals surface area contributed by atoms with Gasteiger partial charge in [-0.05, 0) is 34.2 Å². The summed E-state index contributed by atoms with van der Waals surface area (Å²) in [4.78, 5) is 12.5. The fraction of sp³-hybridized carbons (Fsp3) is 0. The van der Waals surface area contributed by atoms with Gasteiger partial charge in [0.1, 0.15) is 0 Å². The molecule has 0 aliphatic rings. The normalized spacial score (nSPS) is 9.00. The maximum atomic E-state index is 10.4. The van der Waals surface area contributed by atoms with Gasteiger partial charge in [0.25, 0.3) is 5.69 Å². The van der Waals surface area contributed by atoms with Crippen molar-refractivity contribution in [3.8, 4) is 0 Å². The average Bonchev–Trinajstić information content (AvgIpc) is 2.08. The Morgan fingerprint density at radius 3 is 2.85 bits per heavy atom. The van der Waals surface area contributed by atoms with Crippen LogP contribution >= 0.6 is 22.6 Å². The maximum absolute atomic E-state index is 10.4. The molecule has 0 heterocycles. The third-order valence-electron chi connectivity index (χ3n) is 1.29. The highest BCUT2D eigenvalue weighted by molar-refractivity contribution is 14.1. The molecule has 0 amide bonds. The summed E-state index contributed by atoms with van der Waals surface area (Å²) in [5.74, 6) is 0. The average molecular weight is 290 g/mol. The van der Waals surface area contributed by atoms with Gasteiger partial charge < -0.3 is 0 Å². The van der Waals surface area contributed by atoms with Crippen LogP contribution in [0.2, 0.25) is 0 Å². The molecule has 0 atom stereocenters. The molecule has 0 spiro atoms. The number of halogens is 1. The summed E-state index contributed by atoms with van der Waals surface area (Å²) in [5, 5.41) is 13.7. The third-order valence-corrected chi connectivity index (χ3v) is 2.20. The van der Waals surface area contributed by atoms with E-state index in [1.54, 1.807) is 0 Å². The fourth-order valence-corrected chi connectivity index (χ4v) is 1.29. The van der Waals surface area contributed by atoms with Crippen LogP contribution in [0.5, 0.6) is 0 Å². The lowest BCUT2D eigenvalue weighted by Crippen LogP contribution is -1.90. The SMILES string of the molecule is [N-]=[N+]=Nc1ccc(I)c([N+](=O)[O-])c1. The number of nitrogens with zero attached hydrogens (tertiary/aromatic N) is 4. The molecule has 0 radical (unpaired) electrons. The van der Waals surface area contributed by atoms with Crippen molar-refractivity contribution in [2.75, 3.05) is 0 Å². The first-order valence-electron chi connectivity index (χ1n) is 3.14. The zero-order valence-corrected chi connectivity index (χ0v) is 8.37. The van der Waals surface area contributed by atoms with E-state index in [0.717, 1.165) is 0 Å². The second kappa shape index (κ2) is 4.06. The number of hydrogen-bond donors (Lipinski definition) is 0. The van der Waals surface area contributed by atoms with Crippen molar-refractivity contribution in [3.05, 3.63) is 42.3 Å². The Balaban J connectivity index is 3.26. The van der Waals surface area contributed by atoms with Crippen LogP contribution in [0.3, 0.4) is 0 Å². The van der Waals surface area contributed by atoms with Crippen molar-refractivity contribution in [2.45, 2.75) is 0 Å². The highest BCUT2D eigenvalue weighted by Gasteiger charge is 2.10. The third kappa shape index (κ3) is 2.30. The number of hydrogen-bond acceptors (Lipinski definition) is 3. The molecular weight excluding hydrogens is 287 g/mol. The van der Waals surface area contributed by atoms with Gasteiger partial charge in [0.05, 0.1) is 8.49 Å². The minimum Gasteiger partial charge on any atom is -0.258 e. The summed E-state index contributed by atoms with van der Waals surface area (Å²) < 4.78 is 0.513. The Bertz CT molecular complexity index is 400. The van der Waals surface area contributed by atoms with E-state index >= 15 is 0 Å². The van der Waals surface area contributed by atoms with E-state index < -0.39 is 4.92 Å². The first-order valence-corrected chi connectivity index (χ1v) is 4.22. The smallest absolute Gasteiger partial charge is 0.258 e. The van der Waals surface area contributed by atoms with Crippen LogP contribution in [0.1, 0.15) is 0 Å². The molecule has 0 N–H and O–H groups in total. The second-order valence-corrected chi connectivity index (χ2v) is 3.24. The van der Waals surface area contributed by atoms with Gasteiger partial charge >= 0.3 is 0 Å². The summed E-state index contributed by atoms with van der Waals surface area (Å²) in [6.45, 7) is 0. The lowest BCUT2D eigenvalue weighted by Gasteiger charge is -1.95. The molecule has 0 saturated heterocycles. The Labute approximate surface area is 86.5 Å². The highest BCUT2D eigenvalue weighted by Crippen LogP contribution is 2.25. The van der Waals surface area contributed by atoms with Crippen molar-refractivity contribution in [1.29, 1.82) is 0 Å². The summed E-state index contributed by atoms with van der Waals surface area (Å²) >= 11 is 1.84. The Hall–Kier alpha value is -1.34. The number of rotatable bonds is 2. The number of nitro benzene ring substituents is 1. The van der Waals surface area contributed by atoms with E-state index in [-0.39, 0.29) is 11.4 Å². The number of nitro groups is 1. The van der Waals surface area contributed by atoms with Crippen molar-refractivity contribution in [1.82, 2.24) is 0 Å². The molecule has 0 aliphatic carbocycles. The molecule has 0 aromatic heterocycles. The molecule has 0 unspecified atom stereocenters.